The first kappa shape index (κ1) is 20.9. The zero-order valence-corrected chi connectivity index (χ0v) is 16.9. The first-order valence-electron chi connectivity index (χ1n) is 8.46. The maximum absolute atomic E-state index is 12.6. The molecule has 144 valence electrons. The van der Waals surface area contributed by atoms with Crippen LogP contribution in [0.4, 0.5) is 5.69 Å². The second kappa shape index (κ2) is 9.01. The third kappa shape index (κ3) is 5.80. The zero-order chi connectivity index (χ0) is 20.0. The van der Waals surface area contributed by atoms with E-state index in [0.717, 1.165) is 12.1 Å². The minimum atomic E-state index is -3.86. The minimum absolute atomic E-state index is 0.0299. The molecular formula is C19H22ClN3O3S. The second-order valence-corrected chi connectivity index (χ2v) is 8.27. The summed E-state index contributed by atoms with van der Waals surface area (Å²) in [6.07, 6.45) is 0.911. The van der Waals surface area contributed by atoms with E-state index < -0.39 is 15.9 Å². The fraction of sp³-hybridized carbons (Fsp3) is 0.263. The molecule has 0 bridgehead atoms. The van der Waals surface area contributed by atoms with Gasteiger partial charge in [-0.05, 0) is 55.7 Å². The van der Waals surface area contributed by atoms with Crippen LogP contribution in [-0.2, 0) is 10.0 Å². The van der Waals surface area contributed by atoms with Gasteiger partial charge in [0.25, 0.3) is 15.9 Å². The number of benzene rings is 2. The quantitative estimate of drug-likeness (QED) is 0.530. The highest BCUT2D eigenvalue weighted by Gasteiger charge is 2.17. The molecule has 2 N–H and O–H groups in total. The molecule has 0 aliphatic heterocycles. The van der Waals surface area contributed by atoms with Gasteiger partial charge < -0.3 is 0 Å². The van der Waals surface area contributed by atoms with Gasteiger partial charge in [-0.3, -0.25) is 9.52 Å². The maximum atomic E-state index is 12.6. The van der Waals surface area contributed by atoms with E-state index >= 15 is 0 Å². The van der Waals surface area contributed by atoms with E-state index in [-0.39, 0.29) is 16.4 Å². The van der Waals surface area contributed by atoms with E-state index in [0.29, 0.717) is 10.7 Å². The third-order valence-electron chi connectivity index (χ3n) is 4.14. The number of nitrogens with one attached hydrogen (secondary N) is 2. The van der Waals surface area contributed by atoms with Gasteiger partial charge in [0.15, 0.2) is 0 Å². The number of hydrazone groups is 1. The fourth-order valence-electron chi connectivity index (χ4n) is 2.18. The molecule has 0 aromatic heterocycles. The molecule has 0 saturated carbocycles. The molecule has 8 heteroatoms. The van der Waals surface area contributed by atoms with E-state index in [1.54, 1.807) is 18.2 Å². The molecule has 1 amide bonds. The molecule has 0 heterocycles. The summed E-state index contributed by atoms with van der Waals surface area (Å²) in [5, 5.41) is 4.49. The number of anilines is 1. The molecule has 0 saturated heterocycles. The lowest BCUT2D eigenvalue weighted by Crippen LogP contribution is -2.21. The normalized spacial score (nSPS) is 13.1. The van der Waals surface area contributed by atoms with Crippen LogP contribution >= 0.6 is 11.6 Å². The van der Waals surface area contributed by atoms with Gasteiger partial charge in [-0.15, -0.1) is 0 Å². The molecular weight excluding hydrogens is 386 g/mol. The summed E-state index contributed by atoms with van der Waals surface area (Å²) in [7, 11) is -3.86. The van der Waals surface area contributed by atoms with Crippen LogP contribution in [0.5, 0.6) is 0 Å². The van der Waals surface area contributed by atoms with Crippen LogP contribution in [0.3, 0.4) is 0 Å². The molecule has 0 unspecified atom stereocenters. The summed E-state index contributed by atoms with van der Waals surface area (Å²) < 4.78 is 27.6. The number of nitrogens with zero attached hydrogens (tertiary/aromatic N) is 1. The lowest BCUT2D eigenvalue weighted by atomic mass is 10.1. The van der Waals surface area contributed by atoms with Gasteiger partial charge in [0, 0.05) is 16.3 Å². The summed E-state index contributed by atoms with van der Waals surface area (Å²) >= 11 is 5.88. The molecule has 27 heavy (non-hydrogen) atoms. The predicted molar refractivity (Wildman–Crippen MR) is 109 cm³/mol. The molecule has 0 spiro atoms. The van der Waals surface area contributed by atoms with Crippen molar-refractivity contribution < 1.29 is 13.2 Å². The van der Waals surface area contributed by atoms with Gasteiger partial charge >= 0.3 is 0 Å². The van der Waals surface area contributed by atoms with Crippen LogP contribution < -0.4 is 10.1 Å². The van der Waals surface area contributed by atoms with Crippen molar-refractivity contribution >= 4 is 38.9 Å². The Morgan fingerprint density at radius 3 is 2.56 bits per heavy atom. The monoisotopic (exact) mass is 407 g/mol. The fourth-order valence-corrected chi connectivity index (χ4v) is 3.46. The molecule has 0 radical (unpaired) electrons. The lowest BCUT2D eigenvalue weighted by Gasteiger charge is -2.10. The molecule has 2 aromatic carbocycles. The van der Waals surface area contributed by atoms with Crippen molar-refractivity contribution in [3.63, 3.8) is 0 Å². The highest BCUT2D eigenvalue weighted by Crippen LogP contribution is 2.20. The van der Waals surface area contributed by atoms with Crippen molar-refractivity contribution in [3.05, 3.63) is 59.1 Å². The maximum Gasteiger partial charge on any atom is 0.271 e. The number of carbonyl (C=O) groups excluding carboxylic acids is 1. The molecule has 2 rings (SSSR count). The van der Waals surface area contributed by atoms with Gasteiger partial charge in [0.2, 0.25) is 0 Å². The summed E-state index contributed by atoms with van der Waals surface area (Å²) in [5.74, 6) is -0.226. The average molecular weight is 408 g/mol. The van der Waals surface area contributed by atoms with E-state index in [4.69, 9.17) is 11.6 Å². The van der Waals surface area contributed by atoms with E-state index in [9.17, 15) is 13.2 Å². The van der Waals surface area contributed by atoms with Crippen LogP contribution in [0.15, 0.2) is 58.5 Å². The Kier molecular flexibility index (Phi) is 6.98. The van der Waals surface area contributed by atoms with Crippen LogP contribution in [0, 0.1) is 5.92 Å². The van der Waals surface area contributed by atoms with Gasteiger partial charge in [-0.1, -0.05) is 37.6 Å². The van der Waals surface area contributed by atoms with E-state index in [1.165, 1.54) is 30.3 Å². The van der Waals surface area contributed by atoms with Gasteiger partial charge in [-0.25, -0.2) is 13.8 Å². The number of halogens is 1. The van der Waals surface area contributed by atoms with Crippen molar-refractivity contribution in [1.29, 1.82) is 0 Å². The van der Waals surface area contributed by atoms with Crippen LogP contribution in [0.1, 0.15) is 37.6 Å². The third-order valence-corrected chi connectivity index (χ3v) is 5.76. The Labute approximate surface area is 164 Å². The summed E-state index contributed by atoms with van der Waals surface area (Å²) in [6.45, 7) is 5.89. The zero-order valence-electron chi connectivity index (χ0n) is 15.4. The first-order valence-corrected chi connectivity index (χ1v) is 10.3. The number of carbonyl (C=O) groups is 1. The van der Waals surface area contributed by atoms with Crippen LogP contribution in [0.25, 0.3) is 0 Å². The Morgan fingerprint density at radius 1 is 1.19 bits per heavy atom. The van der Waals surface area contributed by atoms with Crippen molar-refractivity contribution in [2.45, 2.75) is 32.1 Å². The number of rotatable bonds is 7. The first-order chi connectivity index (χ1) is 12.7. The number of sulfonamides is 1. The molecule has 0 aliphatic carbocycles. The van der Waals surface area contributed by atoms with Crippen molar-refractivity contribution in [1.82, 2.24) is 5.43 Å². The second-order valence-electron chi connectivity index (χ2n) is 6.15. The standard InChI is InChI=1S/C19H22ClN3O3S/c1-4-13(2)14(3)21-22-19(24)15-7-5-10-18(11-15)27(25,26)23-17-9-6-8-16(20)12-17/h5-13,23H,4H2,1-3H3,(H,22,24)/b21-14-/t13-/m1/s1. The van der Waals surface area contributed by atoms with E-state index in [1.807, 2.05) is 20.8 Å². The summed E-state index contributed by atoms with van der Waals surface area (Å²) in [6, 6.07) is 12.1. The topological polar surface area (TPSA) is 87.6 Å². The summed E-state index contributed by atoms with van der Waals surface area (Å²) in [4.78, 5) is 12.3. The Hall–Kier alpha value is -2.38. The molecule has 2 aromatic rings. The van der Waals surface area contributed by atoms with Crippen LogP contribution in [-0.4, -0.2) is 20.0 Å². The SMILES string of the molecule is CC[C@@H](C)/C(C)=N\NC(=O)c1cccc(S(=O)(=O)Nc2cccc(Cl)c2)c1. The van der Waals surface area contributed by atoms with Gasteiger partial charge in [0.05, 0.1) is 10.6 Å². The highest BCUT2D eigenvalue weighted by atomic mass is 35.5. The lowest BCUT2D eigenvalue weighted by molar-refractivity contribution is 0.0954. The van der Waals surface area contributed by atoms with Crippen molar-refractivity contribution in [2.75, 3.05) is 4.72 Å². The largest absolute Gasteiger partial charge is 0.280 e. The average Bonchev–Trinajstić information content (AvgIpc) is 2.64. The Bertz CT molecular complexity index is 958. The molecule has 6 nitrogen and oxygen atoms in total. The smallest absolute Gasteiger partial charge is 0.271 e. The molecule has 1 atom stereocenters. The van der Waals surface area contributed by atoms with Gasteiger partial charge in [-0.2, -0.15) is 5.10 Å². The Morgan fingerprint density at radius 2 is 1.89 bits per heavy atom. The van der Waals surface area contributed by atoms with Crippen LogP contribution in [0.2, 0.25) is 5.02 Å². The summed E-state index contributed by atoms with van der Waals surface area (Å²) in [5.41, 5.74) is 3.81. The number of hydrogen-bond acceptors (Lipinski definition) is 4. The number of amides is 1. The van der Waals surface area contributed by atoms with Crippen molar-refractivity contribution in [2.24, 2.45) is 11.0 Å². The van der Waals surface area contributed by atoms with Gasteiger partial charge in [0.1, 0.15) is 0 Å². The molecule has 0 fully saturated rings. The van der Waals surface area contributed by atoms with E-state index in [2.05, 4.69) is 15.2 Å². The number of hydrogen-bond donors (Lipinski definition) is 2. The predicted octanol–water partition coefficient (Wildman–Crippen LogP) is 4.29. The molecule has 0 aliphatic rings. The highest BCUT2D eigenvalue weighted by molar-refractivity contribution is 7.92. The van der Waals surface area contributed by atoms with Crippen molar-refractivity contribution in [3.8, 4) is 0 Å². The minimum Gasteiger partial charge on any atom is -0.280 e. The Balaban J connectivity index is 2.19.